The Morgan fingerprint density at radius 1 is 1.40 bits per heavy atom. The van der Waals surface area contributed by atoms with E-state index < -0.39 is 28.7 Å². The summed E-state index contributed by atoms with van der Waals surface area (Å²) in [6.45, 7) is 2.62. The Kier molecular flexibility index (Phi) is 4.78. The quantitative estimate of drug-likeness (QED) is 0.929. The average Bonchev–Trinajstić information content (AvgIpc) is 2.24. The first-order chi connectivity index (χ1) is 9.05. The Balaban J connectivity index is 2.98. The molecule has 0 fully saturated rings. The van der Waals surface area contributed by atoms with Crippen LogP contribution in [0.15, 0.2) is 23.1 Å². The van der Waals surface area contributed by atoms with Crippen LogP contribution < -0.4 is 4.72 Å². The van der Waals surface area contributed by atoms with Gasteiger partial charge in [-0.05, 0) is 37.6 Å². The van der Waals surface area contributed by atoms with Gasteiger partial charge in [-0.2, -0.15) is 18.4 Å². The standard InChI is InChI=1S/C12H13F3N2O2S/c1-8-5-10(7-16)3-4-11(8)20(18,19)17-9(2)6-12(13,14)15/h3-5,9,17H,6H2,1-2H3. The Morgan fingerprint density at radius 3 is 2.45 bits per heavy atom. The molecule has 1 unspecified atom stereocenters. The van der Waals surface area contributed by atoms with E-state index in [9.17, 15) is 21.6 Å². The number of nitrogens with one attached hydrogen (secondary N) is 1. The zero-order chi connectivity index (χ0) is 15.6. The van der Waals surface area contributed by atoms with Crippen molar-refractivity contribution in [3.8, 4) is 6.07 Å². The van der Waals surface area contributed by atoms with Crippen LogP contribution in [0.4, 0.5) is 13.2 Å². The molecule has 1 aromatic carbocycles. The van der Waals surface area contributed by atoms with Crippen LogP contribution in [0, 0.1) is 18.3 Å². The van der Waals surface area contributed by atoms with Crippen molar-refractivity contribution in [1.82, 2.24) is 4.72 Å². The molecule has 110 valence electrons. The van der Waals surface area contributed by atoms with Crippen LogP contribution in [-0.4, -0.2) is 20.6 Å². The minimum atomic E-state index is -4.44. The van der Waals surface area contributed by atoms with Gasteiger partial charge in [0, 0.05) is 6.04 Å². The van der Waals surface area contributed by atoms with Crippen molar-refractivity contribution in [3.05, 3.63) is 29.3 Å². The van der Waals surface area contributed by atoms with E-state index in [2.05, 4.69) is 0 Å². The highest BCUT2D eigenvalue weighted by Crippen LogP contribution is 2.23. The van der Waals surface area contributed by atoms with Gasteiger partial charge in [-0.25, -0.2) is 13.1 Å². The fraction of sp³-hybridized carbons (Fsp3) is 0.417. The molecule has 0 heterocycles. The molecule has 0 saturated heterocycles. The van der Waals surface area contributed by atoms with E-state index in [1.54, 1.807) is 0 Å². The molecule has 4 nitrogen and oxygen atoms in total. The van der Waals surface area contributed by atoms with Gasteiger partial charge >= 0.3 is 6.18 Å². The molecule has 0 bridgehead atoms. The van der Waals surface area contributed by atoms with E-state index >= 15 is 0 Å². The molecular formula is C12H13F3N2O2S. The molecular weight excluding hydrogens is 293 g/mol. The van der Waals surface area contributed by atoms with Crippen molar-refractivity contribution in [3.63, 3.8) is 0 Å². The van der Waals surface area contributed by atoms with Gasteiger partial charge in [0.25, 0.3) is 0 Å². The Morgan fingerprint density at radius 2 is 2.00 bits per heavy atom. The van der Waals surface area contributed by atoms with Gasteiger partial charge < -0.3 is 0 Å². The number of nitrogens with zero attached hydrogens (tertiary/aromatic N) is 1. The summed E-state index contributed by atoms with van der Waals surface area (Å²) in [6, 6.07) is 4.46. The summed E-state index contributed by atoms with van der Waals surface area (Å²) < 4.78 is 62.5. The van der Waals surface area contributed by atoms with Gasteiger partial charge in [0.15, 0.2) is 0 Å². The lowest BCUT2D eigenvalue weighted by molar-refractivity contribution is -0.137. The lowest BCUT2D eigenvalue weighted by atomic mass is 10.2. The number of sulfonamides is 1. The first kappa shape index (κ1) is 16.5. The van der Waals surface area contributed by atoms with Crippen LogP contribution in [0.2, 0.25) is 0 Å². The second-order valence-corrected chi connectivity index (χ2v) is 6.12. The number of halogens is 3. The van der Waals surface area contributed by atoms with Crippen molar-refractivity contribution in [2.24, 2.45) is 0 Å². The third-order valence-corrected chi connectivity index (χ3v) is 4.24. The van der Waals surface area contributed by atoms with E-state index in [0.717, 1.165) is 6.92 Å². The van der Waals surface area contributed by atoms with Crippen LogP contribution in [0.5, 0.6) is 0 Å². The first-order valence-electron chi connectivity index (χ1n) is 5.65. The molecule has 1 N–H and O–H groups in total. The van der Waals surface area contributed by atoms with E-state index in [-0.39, 0.29) is 10.5 Å². The highest BCUT2D eigenvalue weighted by atomic mass is 32.2. The van der Waals surface area contributed by atoms with Crippen LogP contribution in [0.1, 0.15) is 24.5 Å². The summed E-state index contributed by atoms with van der Waals surface area (Å²) in [5.74, 6) is 0. The number of rotatable bonds is 4. The third kappa shape index (κ3) is 4.51. The third-order valence-electron chi connectivity index (χ3n) is 2.49. The number of benzene rings is 1. The van der Waals surface area contributed by atoms with Gasteiger partial charge in [-0.15, -0.1) is 0 Å². The Labute approximate surface area is 115 Å². The summed E-state index contributed by atoms with van der Waals surface area (Å²) in [5, 5.41) is 8.69. The van der Waals surface area contributed by atoms with Crippen molar-refractivity contribution in [2.45, 2.75) is 37.4 Å². The highest BCUT2D eigenvalue weighted by Gasteiger charge is 2.32. The molecule has 0 aliphatic rings. The number of aryl methyl sites for hydroxylation is 1. The molecule has 1 atom stereocenters. The van der Waals surface area contributed by atoms with Crippen molar-refractivity contribution in [2.75, 3.05) is 0 Å². The first-order valence-corrected chi connectivity index (χ1v) is 7.13. The second-order valence-electron chi connectivity index (χ2n) is 4.43. The number of hydrogen-bond acceptors (Lipinski definition) is 3. The van der Waals surface area contributed by atoms with Crippen LogP contribution in [0.25, 0.3) is 0 Å². The van der Waals surface area contributed by atoms with Gasteiger partial charge in [-0.1, -0.05) is 0 Å². The summed E-state index contributed by atoms with van der Waals surface area (Å²) in [5.41, 5.74) is 0.584. The number of nitriles is 1. The molecule has 0 radical (unpaired) electrons. The molecule has 0 amide bonds. The van der Waals surface area contributed by atoms with Crippen molar-refractivity contribution in [1.29, 1.82) is 5.26 Å². The molecule has 0 saturated carbocycles. The minimum Gasteiger partial charge on any atom is -0.208 e. The van der Waals surface area contributed by atoms with E-state index in [1.807, 2.05) is 10.8 Å². The second kappa shape index (κ2) is 5.81. The molecule has 0 aliphatic heterocycles. The Bertz CT molecular complexity index is 633. The van der Waals surface area contributed by atoms with Gasteiger partial charge in [0.05, 0.1) is 22.9 Å². The SMILES string of the molecule is Cc1cc(C#N)ccc1S(=O)(=O)NC(C)CC(F)(F)F. The molecule has 0 aromatic heterocycles. The molecule has 0 spiro atoms. The molecule has 8 heteroatoms. The summed E-state index contributed by atoms with van der Waals surface area (Å²) in [4.78, 5) is -0.134. The minimum absolute atomic E-state index is 0.134. The summed E-state index contributed by atoms with van der Waals surface area (Å²) in [7, 11) is -4.05. The summed E-state index contributed by atoms with van der Waals surface area (Å²) in [6.07, 6.45) is -5.69. The monoisotopic (exact) mass is 306 g/mol. The Hall–Kier alpha value is -1.59. The zero-order valence-corrected chi connectivity index (χ0v) is 11.6. The fourth-order valence-corrected chi connectivity index (χ4v) is 3.21. The fourth-order valence-electron chi connectivity index (χ4n) is 1.74. The highest BCUT2D eigenvalue weighted by molar-refractivity contribution is 7.89. The largest absolute Gasteiger partial charge is 0.390 e. The van der Waals surface area contributed by atoms with Crippen molar-refractivity contribution >= 4 is 10.0 Å². The maximum atomic E-state index is 12.2. The lowest BCUT2D eigenvalue weighted by Crippen LogP contribution is -2.36. The maximum absolute atomic E-state index is 12.2. The molecule has 1 rings (SSSR count). The molecule has 0 aliphatic carbocycles. The van der Waals surface area contributed by atoms with E-state index in [1.165, 1.54) is 25.1 Å². The van der Waals surface area contributed by atoms with Crippen LogP contribution in [0.3, 0.4) is 0 Å². The average molecular weight is 306 g/mol. The normalized spacial score (nSPS) is 13.8. The number of hydrogen-bond donors (Lipinski definition) is 1. The van der Waals surface area contributed by atoms with Gasteiger partial charge in [-0.3, -0.25) is 0 Å². The predicted molar refractivity (Wildman–Crippen MR) is 66.3 cm³/mol. The smallest absolute Gasteiger partial charge is 0.208 e. The van der Waals surface area contributed by atoms with Crippen LogP contribution >= 0.6 is 0 Å². The topological polar surface area (TPSA) is 70.0 Å². The molecule has 20 heavy (non-hydrogen) atoms. The lowest BCUT2D eigenvalue weighted by Gasteiger charge is -2.17. The van der Waals surface area contributed by atoms with Crippen LogP contribution in [-0.2, 0) is 10.0 Å². The van der Waals surface area contributed by atoms with Gasteiger partial charge in [0.1, 0.15) is 0 Å². The zero-order valence-electron chi connectivity index (χ0n) is 10.8. The van der Waals surface area contributed by atoms with Gasteiger partial charge in [0.2, 0.25) is 10.0 Å². The maximum Gasteiger partial charge on any atom is 0.390 e. The van der Waals surface area contributed by atoms with Crippen molar-refractivity contribution < 1.29 is 21.6 Å². The van der Waals surface area contributed by atoms with E-state index in [0.29, 0.717) is 5.56 Å². The molecule has 1 aromatic rings. The predicted octanol–water partition coefficient (Wildman–Crippen LogP) is 2.49. The van der Waals surface area contributed by atoms with E-state index in [4.69, 9.17) is 5.26 Å². The summed E-state index contributed by atoms with van der Waals surface area (Å²) >= 11 is 0. The number of alkyl halides is 3.